The van der Waals surface area contributed by atoms with Gasteiger partial charge in [-0.2, -0.15) is 0 Å². The van der Waals surface area contributed by atoms with Gasteiger partial charge in [0.2, 0.25) is 10.0 Å². The maximum absolute atomic E-state index is 12.1. The lowest BCUT2D eigenvalue weighted by Crippen LogP contribution is -2.25. The van der Waals surface area contributed by atoms with Crippen LogP contribution in [0, 0.1) is 0 Å². The van der Waals surface area contributed by atoms with Crippen molar-refractivity contribution in [1.29, 1.82) is 0 Å². The molecule has 0 radical (unpaired) electrons. The first-order valence-electron chi connectivity index (χ1n) is 7.38. The molecule has 3 N–H and O–H groups in total. The zero-order valence-corrected chi connectivity index (χ0v) is 12.7. The van der Waals surface area contributed by atoms with E-state index >= 15 is 0 Å². The van der Waals surface area contributed by atoms with Crippen LogP contribution in [0.3, 0.4) is 0 Å². The fourth-order valence-electron chi connectivity index (χ4n) is 2.29. The van der Waals surface area contributed by atoms with Crippen LogP contribution in [0.1, 0.15) is 19.3 Å². The molecule has 1 heterocycles. The minimum Gasteiger partial charge on any atom is -0.381 e. The third-order valence-corrected chi connectivity index (χ3v) is 5.28. The van der Waals surface area contributed by atoms with Crippen molar-refractivity contribution in [3.63, 3.8) is 0 Å². The number of hydrogen-bond donors (Lipinski definition) is 3. The second kappa shape index (κ2) is 6.17. The van der Waals surface area contributed by atoms with E-state index in [0.717, 1.165) is 44.6 Å². The fourth-order valence-corrected chi connectivity index (χ4v) is 3.59. The number of rotatable bonds is 6. The van der Waals surface area contributed by atoms with E-state index in [4.69, 9.17) is 0 Å². The topological polar surface area (TPSA) is 70.2 Å². The summed E-state index contributed by atoms with van der Waals surface area (Å²) in [5.41, 5.74) is 2.33. The summed E-state index contributed by atoms with van der Waals surface area (Å²) in [4.78, 5) is 0.334. The number of sulfonamides is 1. The van der Waals surface area contributed by atoms with Crippen molar-refractivity contribution in [3.8, 4) is 0 Å². The monoisotopic (exact) mass is 307 g/mol. The lowest BCUT2D eigenvalue weighted by Gasteiger charge is -2.15. The third kappa shape index (κ3) is 4.06. The van der Waals surface area contributed by atoms with Crippen LogP contribution in [0.25, 0.3) is 0 Å². The van der Waals surface area contributed by atoms with Crippen LogP contribution in [0.4, 0.5) is 5.69 Å². The smallest absolute Gasteiger partial charge is 0.240 e. The van der Waals surface area contributed by atoms with E-state index in [9.17, 15) is 8.42 Å². The van der Waals surface area contributed by atoms with E-state index in [1.54, 1.807) is 12.1 Å². The van der Waals surface area contributed by atoms with Crippen LogP contribution < -0.4 is 15.4 Å². The van der Waals surface area contributed by atoms with Gasteiger partial charge in [0.05, 0.1) is 4.90 Å². The lowest BCUT2D eigenvalue weighted by molar-refractivity contribution is 0.581. The summed E-state index contributed by atoms with van der Waals surface area (Å²) in [6, 6.07) is 7.10. The average Bonchev–Trinajstić information content (AvgIpc) is 3.30. The molecule has 0 atom stereocenters. The van der Waals surface area contributed by atoms with Crippen molar-refractivity contribution < 1.29 is 8.42 Å². The molecule has 6 heteroatoms. The molecule has 0 unspecified atom stereocenters. The second-order valence-corrected chi connectivity index (χ2v) is 7.30. The predicted octanol–water partition coefficient (Wildman–Crippen LogP) is 1.46. The van der Waals surface area contributed by atoms with Gasteiger partial charge in [-0.25, -0.2) is 13.1 Å². The van der Waals surface area contributed by atoms with Crippen LogP contribution in [-0.2, 0) is 10.0 Å². The van der Waals surface area contributed by atoms with Gasteiger partial charge in [-0.15, -0.1) is 0 Å². The molecule has 0 aromatic heterocycles. The van der Waals surface area contributed by atoms with Gasteiger partial charge in [0.15, 0.2) is 0 Å². The number of hydrogen-bond acceptors (Lipinski definition) is 4. The van der Waals surface area contributed by atoms with Crippen LogP contribution in [0.15, 0.2) is 40.8 Å². The van der Waals surface area contributed by atoms with Crippen molar-refractivity contribution in [1.82, 2.24) is 10.0 Å². The molecule has 0 amide bonds. The van der Waals surface area contributed by atoms with E-state index < -0.39 is 10.0 Å². The summed E-state index contributed by atoms with van der Waals surface area (Å²) in [7, 11) is -3.35. The number of anilines is 1. The molecule has 114 valence electrons. The predicted molar refractivity (Wildman–Crippen MR) is 83.8 cm³/mol. The van der Waals surface area contributed by atoms with Gasteiger partial charge in [0.25, 0.3) is 0 Å². The first-order valence-corrected chi connectivity index (χ1v) is 8.87. The Morgan fingerprint density at radius 3 is 2.57 bits per heavy atom. The van der Waals surface area contributed by atoms with Gasteiger partial charge in [0, 0.05) is 24.8 Å². The highest BCUT2D eigenvalue weighted by Crippen LogP contribution is 2.22. The Labute approximate surface area is 125 Å². The van der Waals surface area contributed by atoms with E-state index in [1.807, 2.05) is 12.1 Å². The van der Waals surface area contributed by atoms with Crippen LogP contribution >= 0.6 is 0 Å². The zero-order chi connectivity index (χ0) is 14.7. The van der Waals surface area contributed by atoms with Gasteiger partial charge >= 0.3 is 0 Å². The Balaban J connectivity index is 1.59. The summed E-state index contributed by atoms with van der Waals surface area (Å²) in [5.74, 6) is 0. The number of benzene rings is 1. The minimum absolute atomic E-state index is 0.139. The molecule has 1 aromatic rings. The molecule has 3 rings (SSSR count). The molecule has 0 spiro atoms. The molecule has 0 bridgehead atoms. The van der Waals surface area contributed by atoms with Crippen LogP contribution in [0.2, 0.25) is 0 Å². The second-order valence-electron chi connectivity index (χ2n) is 5.59. The summed E-state index contributed by atoms with van der Waals surface area (Å²) >= 11 is 0. The van der Waals surface area contributed by atoms with Crippen molar-refractivity contribution in [2.45, 2.75) is 30.2 Å². The Kier molecular flexibility index (Phi) is 4.28. The maximum atomic E-state index is 12.1. The van der Waals surface area contributed by atoms with Gasteiger partial charge in [-0.1, -0.05) is 11.6 Å². The normalized spacial score (nSPS) is 19.1. The van der Waals surface area contributed by atoms with E-state index in [0.29, 0.717) is 4.90 Å². The molecule has 1 aliphatic heterocycles. The highest BCUT2D eigenvalue weighted by atomic mass is 32.2. The Morgan fingerprint density at radius 2 is 1.95 bits per heavy atom. The SMILES string of the molecule is O=S(=O)(NC1CC1)c1ccc(NCC2=CCNCC2)cc1. The van der Waals surface area contributed by atoms with Crippen molar-refractivity contribution in [3.05, 3.63) is 35.9 Å². The van der Waals surface area contributed by atoms with E-state index in [1.165, 1.54) is 5.57 Å². The largest absolute Gasteiger partial charge is 0.381 e. The minimum atomic E-state index is -3.35. The third-order valence-electron chi connectivity index (χ3n) is 3.74. The quantitative estimate of drug-likeness (QED) is 0.696. The van der Waals surface area contributed by atoms with Gasteiger partial charge in [-0.3, -0.25) is 0 Å². The maximum Gasteiger partial charge on any atom is 0.240 e. The summed E-state index contributed by atoms with van der Waals surface area (Å²) in [5, 5.41) is 6.61. The van der Waals surface area contributed by atoms with Gasteiger partial charge in [-0.05, 0) is 50.1 Å². The summed E-state index contributed by atoms with van der Waals surface area (Å²) in [6.45, 7) is 2.77. The average molecular weight is 307 g/mol. The number of nitrogens with one attached hydrogen (secondary N) is 3. The van der Waals surface area contributed by atoms with Crippen molar-refractivity contribution in [2.75, 3.05) is 25.0 Å². The molecule has 5 nitrogen and oxygen atoms in total. The molecule has 1 saturated carbocycles. The fraction of sp³-hybridized carbons (Fsp3) is 0.467. The van der Waals surface area contributed by atoms with Crippen molar-refractivity contribution >= 4 is 15.7 Å². The first-order chi connectivity index (χ1) is 10.1. The van der Waals surface area contributed by atoms with Crippen molar-refractivity contribution in [2.24, 2.45) is 0 Å². The summed E-state index contributed by atoms with van der Waals surface area (Å²) in [6.07, 6.45) is 5.16. The Bertz CT molecular complexity index is 619. The molecule has 0 saturated heterocycles. The van der Waals surface area contributed by atoms with E-state index in [-0.39, 0.29) is 6.04 Å². The molecule has 1 aliphatic carbocycles. The molecular weight excluding hydrogens is 286 g/mol. The van der Waals surface area contributed by atoms with Gasteiger partial charge < -0.3 is 10.6 Å². The highest BCUT2D eigenvalue weighted by molar-refractivity contribution is 7.89. The highest BCUT2D eigenvalue weighted by Gasteiger charge is 2.27. The molecular formula is C15H21N3O2S. The molecule has 1 fully saturated rings. The Morgan fingerprint density at radius 1 is 1.19 bits per heavy atom. The van der Waals surface area contributed by atoms with Gasteiger partial charge in [0.1, 0.15) is 0 Å². The molecule has 2 aliphatic rings. The standard InChI is InChI=1S/C15H21N3O2S/c19-21(20,18-14-1-2-14)15-5-3-13(4-6-15)17-11-12-7-9-16-10-8-12/h3-7,14,16-18H,1-2,8-11H2. The lowest BCUT2D eigenvalue weighted by atomic mass is 10.1. The summed E-state index contributed by atoms with van der Waals surface area (Å²) < 4.78 is 26.8. The molecule has 21 heavy (non-hydrogen) atoms. The zero-order valence-electron chi connectivity index (χ0n) is 11.9. The van der Waals surface area contributed by atoms with E-state index in [2.05, 4.69) is 21.4 Å². The van der Waals surface area contributed by atoms with Crippen LogP contribution in [-0.4, -0.2) is 34.1 Å². The Hall–Kier alpha value is -1.37. The molecule has 1 aromatic carbocycles. The first kappa shape index (κ1) is 14.6. The van der Waals surface area contributed by atoms with Crippen LogP contribution in [0.5, 0.6) is 0 Å².